The molecule has 3 N–H and O–H groups in total. The highest BCUT2D eigenvalue weighted by molar-refractivity contribution is 4.87. The predicted octanol–water partition coefficient (Wildman–Crippen LogP) is 0.593. The molecule has 0 aromatic heterocycles. The van der Waals surface area contributed by atoms with Gasteiger partial charge in [0.05, 0.1) is 46.2 Å². The Hall–Kier alpha value is -1.18. The maximum Gasteiger partial charge on any atom is 0.364 e. The average molecular weight is 308 g/mol. The van der Waals surface area contributed by atoms with Gasteiger partial charge in [0.2, 0.25) is 0 Å². The van der Waals surface area contributed by atoms with Crippen LogP contribution in [-0.4, -0.2) is 61.6 Å². The average Bonchev–Trinajstić information content (AvgIpc) is 2.51. The summed E-state index contributed by atoms with van der Waals surface area (Å²) in [5.41, 5.74) is -0.977. The van der Waals surface area contributed by atoms with Crippen LogP contribution in [0.2, 0.25) is 0 Å². The van der Waals surface area contributed by atoms with E-state index in [2.05, 4.69) is 0 Å². The first-order valence-corrected chi connectivity index (χ1v) is 7.21. The highest BCUT2D eigenvalue weighted by atomic mass is 16.7. The van der Waals surface area contributed by atoms with Crippen molar-refractivity contribution in [1.29, 1.82) is 0 Å². The molecule has 0 saturated heterocycles. The molecule has 0 rings (SSSR count). The van der Waals surface area contributed by atoms with E-state index in [1.165, 1.54) is 0 Å². The van der Waals surface area contributed by atoms with Gasteiger partial charge in [-0.05, 0) is 27.2 Å². The Labute approximate surface area is 126 Å². The molecule has 0 aliphatic rings. The summed E-state index contributed by atoms with van der Waals surface area (Å²) >= 11 is 0. The van der Waals surface area contributed by atoms with Crippen molar-refractivity contribution in [2.45, 2.75) is 27.2 Å². The molecule has 0 aliphatic heterocycles. The molecular weight excluding hydrogens is 280 g/mol. The fourth-order valence-electron chi connectivity index (χ4n) is 1.46. The molecule has 0 bridgehead atoms. The molecule has 0 aromatic carbocycles. The molecule has 0 heterocycles. The molecule has 0 saturated carbocycles. The molecule has 126 valence electrons. The van der Waals surface area contributed by atoms with Gasteiger partial charge in [-0.15, -0.1) is 0 Å². The quantitative estimate of drug-likeness (QED) is 0.428. The number of aliphatic hydroxyl groups is 3. The van der Waals surface area contributed by atoms with Crippen LogP contribution in [0, 0.1) is 5.41 Å². The third kappa shape index (κ3) is 6.88. The summed E-state index contributed by atoms with van der Waals surface area (Å²) in [6.45, 7) is 5.77. The molecular formula is C14H28O7. The lowest BCUT2D eigenvalue weighted by molar-refractivity contribution is -0.0571. The van der Waals surface area contributed by atoms with Crippen LogP contribution in [0.5, 0.6) is 0 Å². The molecule has 21 heavy (non-hydrogen) atoms. The largest absolute Gasteiger partial charge is 0.461 e. The second kappa shape index (κ2) is 11.5. The van der Waals surface area contributed by atoms with Gasteiger partial charge in [0, 0.05) is 5.41 Å². The van der Waals surface area contributed by atoms with Crippen molar-refractivity contribution in [3.8, 4) is 0 Å². The van der Waals surface area contributed by atoms with Crippen LogP contribution in [0.1, 0.15) is 27.2 Å². The van der Waals surface area contributed by atoms with Crippen LogP contribution in [0.3, 0.4) is 0 Å². The van der Waals surface area contributed by atoms with Crippen LogP contribution in [0.25, 0.3) is 0 Å². The summed E-state index contributed by atoms with van der Waals surface area (Å²) in [5.74, 6) is 0.299. The van der Waals surface area contributed by atoms with Crippen LogP contribution in [-0.2, 0) is 18.9 Å². The number of rotatable bonds is 13. The third-order valence-electron chi connectivity index (χ3n) is 2.86. The SMILES string of the molecule is CCOC(OCC)=C(OCC)OCCC(CO)(CO)CO. The first-order valence-electron chi connectivity index (χ1n) is 7.21. The van der Waals surface area contributed by atoms with Crippen LogP contribution in [0.15, 0.2) is 11.9 Å². The van der Waals surface area contributed by atoms with E-state index >= 15 is 0 Å². The Balaban J connectivity index is 4.73. The Morgan fingerprint density at radius 1 is 0.714 bits per heavy atom. The zero-order valence-electron chi connectivity index (χ0n) is 13.1. The van der Waals surface area contributed by atoms with E-state index in [0.717, 1.165) is 0 Å². The highest BCUT2D eigenvalue weighted by Crippen LogP contribution is 2.21. The van der Waals surface area contributed by atoms with Gasteiger partial charge in [0.1, 0.15) is 0 Å². The summed E-state index contributed by atoms with van der Waals surface area (Å²) in [7, 11) is 0. The molecule has 0 spiro atoms. The van der Waals surface area contributed by atoms with Crippen molar-refractivity contribution in [3.63, 3.8) is 0 Å². The summed E-state index contributed by atoms with van der Waals surface area (Å²) in [5, 5.41) is 27.8. The normalized spacial score (nSPS) is 11.0. The van der Waals surface area contributed by atoms with Crippen LogP contribution in [0.4, 0.5) is 0 Å². The number of hydrogen-bond acceptors (Lipinski definition) is 7. The first-order chi connectivity index (χ1) is 10.1. The zero-order valence-corrected chi connectivity index (χ0v) is 13.1. The van der Waals surface area contributed by atoms with E-state index in [1.54, 1.807) is 6.92 Å². The van der Waals surface area contributed by atoms with Gasteiger partial charge < -0.3 is 34.3 Å². The molecule has 0 aliphatic carbocycles. The molecule has 0 atom stereocenters. The second-order valence-electron chi connectivity index (χ2n) is 4.45. The molecule has 7 nitrogen and oxygen atoms in total. The van der Waals surface area contributed by atoms with Gasteiger partial charge in [0.25, 0.3) is 0 Å². The minimum absolute atomic E-state index is 0.129. The van der Waals surface area contributed by atoms with E-state index in [-0.39, 0.29) is 44.7 Å². The molecule has 0 unspecified atom stereocenters. The van der Waals surface area contributed by atoms with Gasteiger partial charge in [-0.3, -0.25) is 0 Å². The van der Waals surface area contributed by atoms with Gasteiger partial charge in [0.15, 0.2) is 0 Å². The van der Waals surface area contributed by atoms with Gasteiger partial charge >= 0.3 is 11.9 Å². The Morgan fingerprint density at radius 2 is 1.10 bits per heavy atom. The smallest absolute Gasteiger partial charge is 0.364 e. The van der Waals surface area contributed by atoms with E-state index in [9.17, 15) is 15.3 Å². The summed E-state index contributed by atoms with van der Waals surface area (Å²) in [6, 6.07) is 0. The van der Waals surface area contributed by atoms with Gasteiger partial charge in [-0.1, -0.05) is 0 Å². The highest BCUT2D eigenvalue weighted by Gasteiger charge is 2.28. The van der Waals surface area contributed by atoms with Crippen molar-refractivity contribution < 1.29 is 34.3 Å². The van der Waals surface area contributed by atoms with Crippen molar-refractivity contribution in [2.24, 2.45) is 5.41 Å². The van der Waals surface area contributed by atoms with Crippen molar-refractivity contribution in [2.75, 3.05) is 46.2 Å². The lowest BCUT2D eigenvalue weighted by Crippen LogP contribution is -2.35. The fraction of sp³-hybridized carbons (Fsp3) is 0.857. The molecule has 7 heteroatoms. The third-order valence-corrected chi connectivity index (χ3v) is 2.86. The van der Waals surface area contributed by atoms with Crippen molar-refractivity contribution >= 4 is 0 Å². The number of ether oxygens (including phenoxy) is 4. The maximum absolute atomic E-state index is 9.25. The van der Waals surface area contributed by atoms with Crippen molar-refractivity contribution in [1.82, 2.24) is 0 Å². The Bertz CT molecular complexity index is 271. The minimum atomic E-state index is -0.977. The first kappa shape index (κ1) is 19.8. The summed E-state index contributed by atoms with van der Waals surface area (Å²) < 4.78 is 21.5. The molecule has 0 aromatic rings. The van der Waals surface area contributed by atoms with Crippen LogP contribution >= 0.6 is 0 Å². The Kier molecular flexibility index (Phi) is 10.8. The molecule has 0 amide bonds. The predicted molar refractivity (Wildman–Crippen MR) is 76.2 cm³/mol. The minimum Gasteiger partial charge on any atom is -0.461 e. The van der Waals surface area contributed by atoms with Crippen LogP contribution < -0.4 is 0 Å². The Morgan fingerprint density at radius 3 is 1.43 bits per heavy atom. The number of hydrogen-bond donors (Lipinski definition) is 3. The zero-order chi connectivity index (χ0) is 16.1. The van der Waals surface area contributed by atoms with E-state index in [1.807, 2.05) is 13.8 Å². The molecule has 0 fully saturated rings. The lowest BCUT2D eigenvalue weighted by atomic mass is 9.88. The van der Waals surface area contributed by atoms with Gasteiger partial charge in [-0.2, -0.15) is 0 Å². The van der Waals surface area contributed by atoms with E-state index in [0.29, 0.717) is 19.8 Å². The molecule has 0 radical (unpaired) electrons. The standard InChI is InChI=1S/C14H28O7/c1-4-18-12(19-5-2)13(20-6-3)21-8-7-14(9-15,10-16)11-17/h15-17H,4-11H2,1-3H3. The maximum atomic E-state index is 9.25. The monoisotopic (exact) mass is 308 g/mol. The second-order valence-corrected chi connectivity index (χ2v) is 4.45. The van der Waals surface area contributed by atoms with Gasteiger partial charge in [-0.25, -0.2) is 0 Å². The van der Waals surface area contributed by atoms with E-state index < -0.39 is 5.41 Å². The summed E-state index contributed by atoms with van der Waals surface area (Å²) in [6.07, 6.45) is 0.263. The van der Waals surface area contributed by atoms with E-state index in [4.69, 9.17) is 18.9 Å². The number of aliphatic hydroxyl groups excluding tert-OH is 3. The van der Waals surface area contributed by atoms with Crippen molar-refractivity contribution in [3.05, 3.63) is 11.9 Å². The fourth-order valence-corrected chi connectivity index (χ4v) is 1.46. The topological polar surface area (TPSA) is 97.6 Å². The summed E-state index contributed by atoms with van der Waals surface area (Å²) in [4.78, 5) is 0. The lowest BCUT2D eigenvalue weighted by Gasteiger charge is -2.27.